The summed E-state index contributed by atoms with van der Waals surface area (Å²) in [5, 5.41) is 0.213. The van der Waals surface area contributed by atoms with Gasteiger partial charge in [-0.3, -0.25) is 4.57 Å². The van der Waals surface area contributed by atoms with Crippen LogP contribution >= 0.6 is 23.2 Å². The van der Waals surface area contributed by atoms with Crippen LogP contribution in [0.15, 0.2) is 36.4 Å². The van der Waals surface area contributed by atoms with Gasteiger partial charge in [-0.15, -0.1) is 11.6 Å². The summed E-state index contributed by atoms with van der Waals surface area (Å²) in [4.78, 5) is 4.37. The first-order valence-electron chi connectivity index (χ1n) is 6.57. The Labute approximate surface area is 132 Å². The van der Waals surface area contributed by atoms with E-state index >= 15 is 0 Å². The summed E-state index contributed by atoms with van der Waals surface area (Å²) >= 11 is 12.6. The second kappa shape index (κ2) is 5.32. The van der Waals surface area contributed by atoms with Gasteiger partial charge < -0.3 is 0 Å². The average molecular weight is 323 g/mol. The SMILES string of the molecule is Cc1cccc(Cl)c1-n1c(C(C)Cl)nc2c(F)cccc21. The lowest BCUT2D eigenvalue weighted by atomic mass is 10.2. The highest BCUT2D eigenvalue weighted by molar-refractivity contribution is 6.32. The van der Waals surface area contributed by atoms with E-state index in [1.807, 2.05) is 36.6 Å². The van der Waals surface area contributed by atoms with Crippen molar-refractivity contribution in [1.29, 1.82) is 0 Å². The summed E-state index contributed by atoms with van der Waals surface area (Å²) in [6.07, 6.45) is 0. The Morgan fingerprint density at radius 1 is 1.19 bits per heavy atom. The average Bonchev–Trinajstić information content (AvgIpc) is 2.80. The lowest BCUT2D eigenvalue weighted by Gasteiger charge is -2.14. The number of benzene rings is 2. The summed E-state index contributed by atoms with van der Waals surface area (Å²) < 4.78 is 15.8. The maximum absolute atomic E-state index is 14.0. The van der Waals surface area contributed by atoms with Crippen LogP contribution in [-0.4, -0.2) is 9.55 Å². The summed E-state index contributed by atoms with van der Waals surface area (Å²) in [5.41, 5.74) is 2.73. The first kappa shape index (κ1) is 14.4. The van der Waals surface area contributed by atoms with Crippen LogP contribution in [0, 0.1) is 12.7 Å². The van der Waals surface area contributed by atoms with E-state index in [2.05, 4.69) is 4.98 Å². The molecule has 0 fully saturated rings. The fourth-order valence-corrected chi connectivity index (χ4v) is 2.94. The molecule has 0 aliphatic carbocycles. The van der Waals surface area contributed by atoms with Gasteiger partial charge in [-0.1, -0.05) is 29.8 Å². The second-order valence-corrected chi connectivity index (χ2v) is 6.00. The van der Waals surface area contributed by atoms with Gasteiger partial charge in [-0.05, 0) is 37.6 Å². The van der Waals surface area contributed by atoms with Crippen molar-refractivity contribution in [3.63, 3.8) is 0 Å². The molecule has 21 heavy (non-hydrogen) atoms. The molecule has 0 aliphatic heterocycles. The van der Waals surface area contributed by atoms with E-state index in [0.717, 1.165) is 11.3 Å². The maximum Gasteiger partial charge on any atom is 0.151 e. The van der Waals surface area contributed by atoms with Gasteiger partial charge in [-0.25, -0.2) is 9.37 Å². The molecule has 1 unspecified atom stereocenters. The number of imidazole rings is 1. The molecular formula is C16H13Cl2FN2. The minimum atomic E-state index is -0.368. The lowest BCUT2D eigenvalue weighted by Crippen LogP contribution is -2.04. The Bertz CT molecular complexity index is 804. The molecule has 1 aromatic heterocycles. The van der Waals surface area contributed by atoms with Crippen LogP contribution < -0.4 is 0 Å². The molecule has 1 atom stereocenters. The molecule has 2 nitrogen and oxygen atoms in total. The summed E-state index contributed by atoms with van der Waals surface area (Å²) in [6, 6.07) is 10.5. The summed E-state index contributed by atoms with van der Waals surface area (Å²) in [5.74, 6) is 0.211. The number of fused-ring (bicyclic) bond motifs is 1. The predicted molar refractivity (Wildman–Crippen MR) is 85.0 cm³/mol. The van der Waals surface area contributed by atoms with Gasteiger partial charge >= 0.3 is 0 Å². The van der Waals surface area contributed by atoms with E-state index < -0.39 is 0 Å². The highest BCUT2D eigenvalue weighted by Gasteiger charge is 2.20. The first-order valence-corrected chi connectivity index (χ1v) is 7.38. The molecule has 5 heteroatoms. The highest BCUT2D eigenvalue weighted by Crippen LogP contribution is 2.33. The zero-order chi connectivity index (χ0) is 15.1. The van der Waals surface area contributed by atoms with Crippen molar-refractivity contribution in [2.75, 3.05) is 0 Å². The predicted octanol–water partition coefficient (Wildman–Crippen LogP) is 5.43. The fourth-order valence-electron chi connectivity index (χ4n) is 2.49. The Kier molecular flexibility index (Phi) is 3.64. The van der Waals surface area contributed by atoms with Gasteiger partial charge in [0.25, 0.3) is 0 Å². The number of hydrogen-bond donors (Lipinski definition) is 0. The zero-order valence-electron chi connectivity index (χ0n) is 11.6. The van der Waals surface area contributed by atoms with Crippen molar-refractivity contribution in [3.8, 4) is 5.69 Å². The molecule has 0 spiro atoms. The summed E-state index contributed by atoms with van der Waals surface area (Å²) in [7, 11) is 0. The van der Waals surface area contributed by atoms with Crippen LogP contribution in [0.3, 0.4) is 0 Å². The standard InChI is InChI=1S/C16H13Cl2FN2/c1-9-5-3-6-11(18)15(9)21-13-8-4-7-12(19)14(13)20-16(21)10(2)17/h3-8,10H,1-2H3. The Hall–Kier alpha value is -1.58. The van der Waals surface area contributed by atoms with Crippen molar-refractivity contribution >= 4 is 34.2 Å². The largest absolute Gasteiger partial charge is 0.293 e. The minimum absolute atomic E-state index is 0.305. The number of rotatable bonds is 2. The molecule has 0 amide bonds. The molecule has 0 radical (unpaired) electrons. The minimum Gasteiger partial charge on any atom is -0.293 e. The van der Waals surface area contributed by atoms with Crippen LogP contribution in [0.25, 0.3) is 16.7 Å². The van der Waals surface area contributed by atoms with Gasteiger partial charge in [0.1, 0.15) is 11.3 Å². The van der Waals surface area contributed by atoms with E-state index in [1.54, 1.807) is 12.1 Å². The Morgan fingerprint density at radius 2 is 1.90 bits per heavy atom. The normalized spacial score (nSPS) is 12.8. The first-order chi connectivity index (χ1) is 10.0. The van der Waals surface area contributed by atoms with E-state index in [1.165, 1.54) is 6.07 Å². The molecule has 0 saturated carbocycles. The van der Waals surface area contributed by atoms with E-state index in [-0.39, 0.29) is 11.2 Å². The van der Waals surface area contributed by atoms with Crippen molar-refractivity contribution < 1.29 is 4.39 Å². The van der Waals surface area contributed by atoms with Crippen LogP contribution in [0.2, 0.25) is 5.02 Å². The van der Waals surface area contributed by atoms with E-state index in [9.17, 15) is 4.39 Å². The zero-order valence-corrected chi connectivity index (χ0v) is 13.1. The van der Waals surface area contributed by atoms with Crippen LogP contribution in [0.1, 0.15) is 23.7 Å². The number of nitrogens with zero attached hydrogens (tertiary/aromatic N) is 2. The van der Waals surface area contributed by atoms with Crippen LogP contribution in [0.5, 0.6) is 0 Å². The third kappa shape index (κ3) is 2.30. The van der Waals surface area contributed by atoms with E-state index in [0.29, 0.717) is 21.9 Å². The van der Waals surface area contributed by atoms with Crippen molar-refractivity contribution in [2.24, 2.45) is 0 Å². The van der Waals surface area contributed by atoms with Crippen molar-refractivity contribution in [2.45, 2.75) is 19.2 Å². The topological polar surface area (TPSA) is 17.8 Å². The molecule has 2 aromatic carbocycles. The monoisotopic (exact) mass is 322 g/mol. The van der Waals surface area contributed by atoms with Gasteiger partial charge in [0, 0.05) is 0 Å². The van der Waals surface area contributed by atoms with Gasteiger partial charge in [0.2, 0.25) is 0 Å². The second-order valence-electron chi connectivity index (χ2n) is 4.93. The molecule has 3 aromatic rings. The third-order valence-electron chi connectivity index (χ3n) is 3.43. The molecule has 3 rings (SSSR count). The molecule has 108 valence electrons. The van der Waals surface area contributed by atoms with E-state index in [4.69, 9.17) is 23.2 Å². The number of para-hydroxylation sites is 2. The Morgan fingerprint density at radius 3 is 2.57 bits per heavy atom. The number of aryl methyl sites for hydroxylation is 1. The highest BCUT2D eigenvalue weighted by atomic mass is 35.5. The molecule has 0 saturated heterocycles. The third-order valence-corrected chi connectivity index (χ3v) is 3.93. The molecular weight excluding hydrogens is 310 g/mol. The molecule has 1 heterocycles. The van der Waals surface area contributed by atoms with Gasteiger partial charge in [-0.2, -0.15) is 0 Å². The van der Waals surface area contributed by atoms with Crippen LogP contribution in [0.4, 0.5) is 4.39 Å². The molecule has 0 aliphatic rings. The molecule has 0 N–H and O–H groups in total. The van der Waals surface area contributed by atoms with Gasteiger partial charge in [0.15, 0.2) is 5.82 Å². The lowest BCUT2D eigenvalue weighted by molar-refractivity contribution is 0.637. The number of hydrogen-bond acceptors (Lipinski definition) is 1. The number of halogens is 3. The smallest absolute Gasteiger partial charge is 0.151 e. The van der Waals surface area contributed by atoms with Crippen molar-refractivity contribution in [1.82, 2.24) is 9.55 Å². The van der Waals surface area contributed by atoms with Crippen LogP contribution in [-0.2, 0) is 0 Å². The van der Waals surface area contributed by atoms with Gasteiger partial charge in [0.05, 0.1) is 21.6 Å². The number of alkyl halides is 1. The number of aromatic nitrogens is 2. The molecule has 0 bridgehead atoms. The fraction of sp³-hybridized carbons (Fsp3) is 0.188. The summed E-state index contributed by atoms with van der Waals surface area (Å²) in [6.45, 7) is 3.76. The maximum atomic E-state index is 14.0. The van der Waals surface area contributed by atoms with Crippen molar-refractivity contribution in [3.05, 3.63) is 58.6 Å². The quantitative estimate of drug-likeness (QED) is 0.575. The Balaban J connectivity index is 2.46.